The molecule has 0 spiro atoms. The molecule has 0 atom stereocenters. The third-order valence-electron chi connectivity index (χ3n) is 3.32. The van der Waals surface area contributed by atoms with E-state index in [0.717, 1.165) is 14.5 Å². The van der Waals surface area contributed by atoms with E-state index in [0.29, 0.717) is 28.4 Å². The quantitative estimate of drug-likeness (QED) is 0.594. The number of benzene rings is 1. The van der Waals surface area contributed by atoms with Crippen LogP contribution in [-0.2, 0) is 10.2 Å². The number of imidazole rings is 1. The van der Waals surface area contributed by atoms with E-state index in [4.69, 9.17) is 5.41 Å². The molecule has 7 nitrogen and oxygen atoms in total. The van der Waals surface area contributed by atoms with E-state index in [1.807, 2.05) is 6.92 Å². The molecule has 2 aromatic rings. The van der Waals surface area contributed by atoms with Gasteiger partial charge in [0.1, 0.15) is 5.52 Å². The lowest BCUT2D eigenvalue weighted by atomic mass is 10.1. The molecular formula is C14H17BrN4O3S. The number of Topliss-reactive ketones (excluding diaryl/α,β-unsaturated/α-hetero) is 1. The van der Waals surface area contributed by atoms with Gasteiger partial charge in [-0.05, 0) is 34.5 Å². The number of nitrogens with zero attached hydrogens (tertiary/aromatic N) is 3. The molecule has 2 rings (SSSR count). The zero-order valence-corrected chi connectivity index (χ0v) is 15.4. The molecule has 1 N–H and O–H groups in total. The number of halogens is 1. The molecule has 1 aromatic carbocycles. The highest BCUT2D eigenvalue weighted by atomic mass is 79.9. The number of fused-ring (bicyclic) bond motifs is 1. The van der Waals surface area contributed by atoms with Crippen molar-refractivity contribution in [1.29, 1.82) is 5.41 Å². The van der Waals surface area contributed by atoms with Gasteiger partial charge in [-0.15, -0.1) is 0 Å². The fourth-order valence-corrected chi connectivity index (χ4v) is 3.75. The Balaban J connectivity index is 2.85. The molecule has 0 aliphatic heterocycles. The first kappa shape index (κ1) is 17.8. The van der Waals surface area contributed by atoms with E-state index >= 15 is 0 Å². The van der Waals surface area contributed by atoms with Crippen LogP contribution in [-0.4, -0.2) is 47.8 Å². The largest absolute Gasteiger partial charge is 0.309 e. The molecule has 0 aliphatic rings. The molecular weight excluding hydrogens is 384 g/mol. The summed E-state index contributed by atoms with van der Waals surface area (Å²) >= 11 is 3.34. The van der Waals surface area contributed by atoms with Gasteiger partial charge in [-0.3, -0.25) is 4.79 Å². The summed E-state index contributed by atoms with van der Waals surface area (Å²) in [5.41, 5.74) is 1.07. The highest BCUT2D eigenvalue weighted by Gasteiger charge is 2.25. The minimum atomic E-state index is -3.87. The number of rotatable bonds is 6. The molecule has 9 heteroatoms. The highest BCUT2D eigenvalue weighted by molar-refractivity contribution is 9.10. The van der Waals surface area contributed by atoms with Crippen LogP contribution < -0.4 is 0 Å². The first-order valence-corrected chi connectivity index (χ1v) is 9.11. The smallest absolute Gasteiger partial charge is 0.305 e. The third-order valence-corrected chi connectivity index (χ3v) is 5.69. The monoisotopic (exact) mass is 400 g/mol. The van der Waals surface area contributed by atoms with E-state index in [9.17, 15) is 13.2 Å². The van der Waals surface area contributed by atoms with E-state index in [1.165, 1.54) is 20.2 Å². The van der Waals surface area contributed by atoms with Crippen molar-refractivity contribution in [2.24, 2.45) is 0 Å². The van der Waals surface area contributed by atoms with Crippen LogP contribution in [0.25, 0.3) is 11.0 Å². The van der Waals surface area contributed by atoms with Gasteiger partial charge in [0.05, 0.1) is 11.7 Å². The third kappa shape index (κ3) is 3.08. The summed E-state index contributed by atoms with van der Waals surface area (Å²) in [4.78, 5) is 16.3. The zero-order valence-electron chi connectivity index (χ0n) is 13.0. The Labute approximate surface area is 143 Å². The Hall–Kier alpha value is -1.58. The molecule has 0 unspecified atom stereocenters. The number of hydrogen-bond acceptors (Lipinski definition) is 5. The normalized spacial score (nSPS) is 12.0. The van der Waals surface area contributed by atoms with Crippen LogP contribution in [0.4, 0.5) is 0 Å². The molecule has 1 aromatic heterocycles. The first-order valence-electron chi connectivity index (χ1n) is 6.92. The van der Waals surface area contributed by atoms with Crippen molar-refractivity contribution in [3.8, 4) is 0 Å². The second kappa shape index (κ2) is 6.50. The standard InChI is InChI=1S/C14H17BrN4O3S/c1-4-5-12(20)9-6-10(15)14-11(7-9)19(13(8-16)17-14)23(21,22)18(2)3/h6-8,16H,4-5H2,1-3H3. The maximum absolute atomic E-state index is 12.6. The summed E-state index contributed by atoms with van der Waals surface area (Å²) in [6.07, 6.45) is 1.96. The number of aromatic nitrogens is 2. The van der Waals surface area contributed by atoms with Gasteiger partial charge in [-0.1, -0.05) is 6.92 Å². The maximum Gasteiger partial charge on any atom is 0.309 e. The van der Waals surface area contributed by atoms with Crippen molar-refractivity contribution in [2.45, 2.75) is 19.8 Å². The average molecular weight is 401 g/mol. The molecule has 0 radical (unpaired) electrons. The fourth-order valence-electron chi connectivity index (χ4n) is 2.16. The van der Waals surface area contributed by atoms with Gasteiger partial charge in [0, 0.05) is 30.6 Å². The van der Waals surface area contributed by atoms with Gasteiger partial charge in [0.15, 0.2) is 11.6 Å². The number of carbonyl (C=O) groups excluding carboxylic acids is 1. The Bertz CT molecular complexity index is 887. The Morgan fingerprint density at radius 2 is 2.09 bits per heavy atom. The second-order valence-corrected chi connectivity index (χ2v) is 8.01. The Morgan fingerprint density at radius 3 is 2.61 bits per heavy atom. The van der Waals surface area contributed by atoms with Crippen molar-refractivity contribution in [3.63, 3.8) is 0 Å². The minimum absolute atomic E-state index is 0.0190. The first-order chi connectivity index (χ1) is 10.7. The fraction of sp³-hybridized carbons (Fsp3) is 0.357. The summed E-state index contributed by atoms with van der Waals surface area (Å²) in [7, 11) is -1.07. The van der Waals surface area contributed by atoms with Crippen LogP contribution in [0.5, 0.6) is 0 Å². The number of carbonyl (C=O) groups is 1. The van der Waals surface area contributed by atoms with E-state index in [-0.39, 0.29) is 17.1 Å². The van der Waals surface area contributed by atoms with Crippen molar-refractivity contribution in [1.82, 2.24) is 13.3 Å². The van der Waals surface area contributed by atoms with Gasteiger partial charge in [0.2, 0.25) is 0 Å². The predicted octanol–water partition coefficient (Wildman–Crippen LogP) is 2.43. The summed E-state index contributed by atoms with van der Waals surface area (Å²) in [6.45, 7) is 1.90. The van der Waals surface area contributed by atoms with Gasteiger partial charge >= 0.3 is 10.2 Å². The van der Waals surface area contributed by atoms with Crippen molar-refractivity contribution in [3.05, 3.63) is 28.0 Å². The van der Waals surface area contributed by atoms with Crippen LogP contribution in [0.2, 0.25) is 0 Å². The lowest BCUT2D eigenvalue weighted by Gasteiger charge is -2.14. The molecule has 1 heterocycles. The summed E-state index contributed by atoms with van der Waals surface area (Å²) in [5.74, 6) is -0.0870. The molecule has 0 fully saturated rings. The molecule has 0 aliphatic carbocycles. The lowest BCUT2D eigenvalue weighted by molar-refractivity contribution is 0.0982. The topological polar surface area (TPSA) is 96.1 Å². The minimum Gasteiger partial charge on any atom is -0.305 e. The van der Waals surface area contributed by atoms with Gasteiger partial charge in [-0.2, -0.15) is 12.7 Å². The Morgan fingerprint density at radius 1 is 1.43 bits per heavy atom. The molecule has 0 saturated carbocycles. The van der Waals surface area contributed by atoms with Crippen LogP contribution in [0.15, 0.2) is 16.6 Å². The molecule has 0 bridgehead atoms. The summed E-state index contributed by atoms with van der Waals surface area (Å²) in [5, 5.41) is 7.44. The molecule has 23 heavy (non-hydrogen) atoms. The van der Waals surface area contributed by atoms with E-state index in [1.54, 1.807) is 6.07 Å². The number of ketones is 1. The number of hydrogen-bond donors (Lipinski definition) is 1. The SMILES string of the molecule is CCCC(=O)c1cc(Br)c2nc(C=N)n(S(=O)(=O)N(C)C)c2c1. The molecule has 0 amide bonds. The van der Waals surface area contributed by atoms with Crippen LogP contribution in [0, 0.1) is 5.41 Å². The zero-order chi connectivity index (χ0) is 17.4. The lowest BCUT2D eigenvalue weighted by Crippen LogP contribution is -2.30. The van der Waals surface area contributed by atoms with Gasteiger partial charge in [-0.25, -0.2) is 8.96 Å². The highest BCUT2D eigenvalue weighted by Crippen LogP contribution is 2.28. The summed E-state index contributed by atoms with van der Waals surface area (Å²) < 4.78 is 27.6. The second-order valence-electron chi connectivity index (χ2n) is 5.17. The Kier molecular flexibility index (Phi) is 5.02. The van der Waals surface area contributed by atoms with Crippen LogP contribution in [0.3, 0.4) is 0 Å². The van der Waals surface area contributed by atoms with Crippen molar-refractivity contribution >= 4 is 49.2 Å². The molecule has 124 valence electrons. The maximum atomic E-state index is 12.6. The summed E-state index contributed by atoms with van der Waals surface area (Å²) in [6, 6.07) is 3.15. The van der Waals surface area contributed by atoms with Crippen molar-refractivity contribution < 1.29 is 13.2 Å². The average Bonchev–Trinajstić information content (AvgIpc) is 2.87. The molecule has 0 saturated heterocycles. The van der Waals surface area contributed by atoms with Gasteiger partial charge < -0.3 is 5.41 Å². The van der Waals surface area contributed by atoms with Crippen LogP contribution >= 0.6 is 15.9 Å². The van der Waals surface area contributed by atoms with E-state index < -0.39 is 10.2 Å². The van der Waals surface area contributed by atoms with Crippen molar-refractivity contribution in [2.75, 3.05) is 14.1 Å². The van der Waals surface area contributed by atoms with Crippen LogP contribution in [0.1, 0.15) is 35.9 Å². The van der Waals surface area contributed by atoms with E-state index in [2.05, 4.69) is 20.9 Å². The number of nitrogens with one attached hydrogen (secondary N) is 1. The predicted molar refractivity (Wildman–Crippen MR) is 92.6 cm³/mol. The van der Waals surface area contributed by atoms with Gasteiger partial charge in [0.25, 0.3) is 0 Å².